The number of nitrogens with two attached hydrogens (primary N) is 1. The molecule has 8 rings (SSSR count). The van der Waals surface area contributed by atoms with Crippen molar-refractivity contribution >= 4 is 22.5 Å². The molecule has 1 aromatic carbocycles. The maximum Gasteiger partial charge on any atom is 0.418 e. The number of ether oxygens (including phenoxy) is 2. The van der Waals surface area contributed by atoms with Gasteiger partial charge in [-0.15, -0.1) is 0 Å². The van der Waals surface area contributed by atoms with Gasteiger partial charge in [-0.3, -0.25) is 4.90 Å². The van der Waals surface area contributed by atoms with Gasteiger partial charge in [-0.1, -0.05) is 0 Å². The smallest absolute Gasteiger partial charge is 0.418 e. The molecule has 4 saturated heterocycles. The zero-order valence-electron chi connectivity index (χ0n) is 25.3. The van der Waals surface area contributed by atoms with Crippen LogP contribution in [0.4, 0.5) is 42.4 Å². The summed E-state index contributed by atoms with van der Waals surface area (Å²) in [6.45, 7) is 2.33. The Morgan fingerprint density at radius 2 is 2.00 bits per heavy atom. The number of benzene rings is 1. The molecule has 0 aliphatic carbocycles. The van der Waals surface area contributed by atoms with E-state index in [1.807, 2.05) is 9.80 Å². The first-order valence-electron chi connectivity index (χ1n) is 15.7. The second-order valence-electron chi connectivity index (χ2n) is 13.3. The summed E-state index contributed by atoms with van der Waals surface area (Å²) in [6.07, 6.45) is -6.22. The van der Waals surface area contributed by atoms with Gasteiger partial charge >= 0.3 is 12.2 Å². The van der Waals surface area contributed by atoms with Crippen molar-refractivity contribution in [3.63, 3.8) is 0 Å². The van der Waals surface area contributed by atoms with Crippen LogP contribution in [0.2, 0.25) is 0 Å². The molecule has 2 aromatic heterocycles. The molecule has 9 nitrogen and oxygen atoms in total. The van der Waals surface area contributed by atoms with E-state index >= 15 is 13.2 Å². The third-order valence-electron chi connectivity index (χ3n) is 10.5. The number of alkyl halides is 6. The highest BCUT2D eigenvalue weighted by Crippen LogP contribution is 2.52. The molecule has 0 amide bonds. The number of fused-ring (bicyclic) bond motifs is 6. The molecular weight excluding hydrogens is 635 g/mol. The minimum absolute atomic E-state index is 0.00422. The molecule has 0 spiro atoms. The predicted octanol–water partition coefficient (Wildman–Crippen LogP) is 5.33. The largest absolute Gasteiger partial charge is 0.490 e. The first-order chi connectivity index (χ1) is 22.3. The van der Waals surface area contributed by atoms with Crippen LogP contribution in [0.1, 0.15) is 55.2 Å². The van der Waals surface area contributed by atoms with Gasteiger partial charge in [0.2, 0.25) is 0 Å². The maximum absolute atomic E-state index is 17.0. The number of hydrogen-bond donors (Lipinski definition) is 2. The lowest BCUT2D eigenvalue weighted by Crippen LogP contribution is -2.60. The Kier molecular flexibility index (Phi) is 6.96. The van der Waals surface area contributed by atoms with E-state index in [9.17, 15) is 17.6 Å². The number of nitrogen functional groups attached to an aromatic ring is 1. The van der Waals surface area contributed by atoms with Gasteiger partial charge in [-0.05, 0) is 50.8 Å². The van der Waals surface area contributed by atoms with Crippen molar-refractivity contribution in [1.82, 2.24) is 25.2 Å². The van der Waals surface area contributed by atoms with E-state index in [1.54, 1.807) is 0 Å². The van der Waals surface area contributed by atoms with Crippen LogP contribution < -0.4 is 25.4 Å². The van der Waals surface area contributed by atoms with Gasteiger partial charge in [0.05, 0.1) is 39.4 Å². The van der Waals surface area contributed by atoms with Crippen LogP contribution in [-0.2, 0) is 6.18 Å². The number of pyridine rings is 1. The van der Waals surface area contributed by atoms with E-state index in [1.165, 1.54) is 0 Å². The van der Waals surface area contributed by atoms with Crippen LogP contribution in [0.3, 0.4) is 0 Å². The van der Waals surface area contributed by atoms with Crippen LogP contribution in [0.15, 0.2) is 6.07 Å². The van der Waals surface area contributed by atoms with Crippen LogP contribution >= 0.6 is 0 Å². The zero-order valence-corrected chi connectivity index (χ0v) is 25.3. The average molecular weight is 668 g/mol. The molecule has 252 valence electrons. The summed E-state index contributed by atoms with van der Waals surface area (Å²) in [7, 11) is 0. The number of hydrogen-bond acceptors (Lipinski definition) is 9. The maximum atomic E-state index is 17.0. The van der Waals surface area contributed by atoms with Crippen molar-refractivity contribution in [2.75, 3.05) is 43.5 Å². The molecule has 3 unspecified atom stereocenters. The highest BCUT2D eigenvalue weighted by Gasteiger charge is 2.50. The fourth-order valence-corrected chi connectivity index (χ4v) is 8.53. The van der Waals surface area contributed by atoms with Crippen LogP contribution in [0.5, 0.6) is 11.8 Å². The van der Waals surface area contributed by atoms with E-state index < -0.39 is 81.2 Å². The van der Waals surface area contributed by atoms with Crippen molar-refractivity contribution in [3.05, 3.63) is 28.6 Å². The lowest BCUT2D eigenvalue weighted by atomic mass is 9.93. The second kappa shape index (κ2) is 10.7. The standard InChI is InChI=1S/C31H32F7N7O2/c1-13-7-18(39)41-24(22(13)31(36,37)38)19-20(27(34)35)26-21-25(23(19)33)42-29(47-12-30-5-2-6-44(30)9-14(32)8-30)43-28(21)45-10-15-3-4-16(40-15)17(45)11-46-26/h7,14-17,27,40H,2-6,8-12H2,1H3,(H2,39,41)/t14-,15?,16?,17?,30+/m1/s1. The number of nitrogens with one attached hydrogen (secondary N) is 1. The van der Waals surface area contributed by atoms with Crippen molar-refractivity contribution in [2.24, 2.45) is 0 Å². The molecule has 2 bridgehead atoms. The average Bonchev–Trinajstić information content (AvgIpc) is 3.62. The Bertz CT molecular complexity index is 1770. The molecule has 0 radical (unpaired) electrons. The lowest BCUT2D eigenvalue weighted by Gasteiger charge is -2.40. The van der Waals surface area contributed by atoms with Gasteiger partial charge in [0.1, 0.15) is 42.3 Å². The molecule has 47 heavy (non-hydrogen) atoms. The minimum atomic E-state index is -5.09. The number of rotatable bonds is 5. The molecule has 5 aliphatic heterocycles. The van der Waals surface area contributed by atoms with E-state index in [0.29, 0.717) is 19.5 Å². The number of halogens is 7. The zero-order chi connectivity index (χ0) is 33.0. The summed E-state index contributed by atoms with van der Waals surface area (Å²) >= 11 is 0. The molecule has 3 N–H and O–H groups in total. The lowest BCUT2D eigenvalue weighted by molar-refractivity contribution is -0.137. The number of aryl methyl sites for hydroxylation is 1. The summed E-state index contributed by atoms with van der Waals surface area (Å²) in [4.78, 5) is 16.6. The van der Waals surface area contributed by atoms with Crippen molar-refractivity contribution in [2.45, 2.75) is 81.5 Å². The molecule has 3 aromatic rings. The molecule has 16 heteroatoms. The van der Waals surface area contributed by atoms with E-state index in [-0.39, 0.29) is 55.5 Å². The van der Waals surface area contributed by atoms with Gasteiger partial charge in [0.25, 0.3) is 6.43 Å². The number of aromatic nitrogens is 3. The Hall–Kier alpha value is -3.66. The van der Waals surface area contributed by atoms with Crippen LogP contribution in [-0.4, -0.2) is 82.5 Å². The topological polar surface area (TPSA) is 102 Å². The molecule has 5 atom stereocenters. The number of piperazine rings is 1. The molecule has 7 heterocycles. The SMILES string of the molecule is Cc1cc(N)nc(-c2c(C(F)F)c3c4c(nc(OC[C@@]56CCCN5C[C@H](F)C6)nc4c2F)N2CC4CCC(N4)C2CO3)c1C(F)(F)F. The number of anilines is 2. The van der Waals surface area contributed by atoms with E-state index in [2.05, 4.69) is 20.3 Å². The van der Waals surface area contributed by atoms with Gasteiger partial charge in [-0.2, -0.15) is 23.1 Å². The summed E-state index contributed by atoms with van der Waals surface area (Å²) in [5, 5.41) is 3.31. The van der Waals surface area contributed by atoms with Crippen molar-refractivity contribution in [1.29, 1.82) is 0 Å². The first kappa shape index (κ1) is 30.7. The second-order valence-corrected chi connectivity index (χ2v) is 13.3. The molecule has 5 aliphatic rings. The monoisotopic (exact) mass is 667 g/mol. The Balaban J connectivity index is 1.37. The fraction of sp³-hybridized carbons (Fsp3) is 0.581. The Labute approximate surface area is 264 Å². The Morgan fingerprint density at radius 3 is 2.77 bits per heavy atom. The normalized spacial score (nSPS) is 28.5. The van der Waals surface area contributed by atoms with Crippen molar-refractivity contribution < 1.29 is 40.2 Å². The quantitative estimate of drug-likeness (QED) is 0.350. The van der Waals surface area contributed by atoms with Crippen LogP contribution in [0.25, 0.3) is 22.2 Å². The predicted molar refractivity (Wildman–Crippen MR) is 157 cm³/mol. The summed E-state index contributed by atoms with van der Waals surface area (Å²) in [5.41, 5.74) is -0.437. The van der Waals surface area contributed by atoms with Crippen molar-refractivity contribution in [3.8, 4) is 23.0 Å². The third-order valence-corrected chi connectivity index (χ3v) is 10.5. The fourth-order valence-electron chi connectivity index (χ4n) is 8.53. The first-order valence-corrected chi connectivity index (χ1v) is 15.7. The van der Waals surface area contributed by atoms with E-state index in [4.69, 9.17) is 15.2 Å². The van der Waals surface area contributed by atoms with Gasteiger partial charge in [-0.25, -0.2) is 22.5 Å². The third kappa shape index (κ3) is 4.76. The van der Waals surface area contributed by atoms with Gasteiger partial charge in [0, 0.05) is 31.6 Å². The molecular formula is C31H32F7N7O2. The summed E-state index contributed by atoms with van der Waals surface area (Å²) < 4.78 is 117. The van der Waals surface area contributed by atoms with Crippen LogP contribution in [0, 0.1) is 12.7 Å². The summed E-state index contributed by atoms with van der Waals surface area (Å²) in [5.74, 6) is -2.28. The molecule has 4 fully saturated rings. The highest BCUT2D eigenvalue weighted by atomic mass is 19.4. The minimum Gasteiger partial charge on any atom is -0.490 e. The highest BCUT2D eigenvalue weighted by molar-refractivity contribution is 6.01. The summed E-state index contributed by atoms with van der Waals surface area (Å²) in [6, 6.07) is 0.190. The van der Waals surface area contributed by atoms with E-state index in [0.717, 1.165) is 32.3 Å². The van der Waals surface area contributed by atoms with Gasteiger partial charge < -0.3 is 25.4 Å². The molecule has 0 saturated carbocycles. The number of nitrogens with zero attached hydrogens (tertiary/aromatic N) is 5. The Morgan fingerprint density at radius 1 is 1.19 bits per heavy atom. The van der Waals surface area contributed by atoms with Gasteiger partial charge in [0.15, 0.2) is 5.82 Å².